The second-order valence-electron chi connectivity index (χ2n) is 6.42. The summed E-state index contributed by atoms with van der Waals surface area (Å²) in [6.07, 6.45) is 5.63. The van der Waals surface area contributed by atoms with Crippen LogP contribution in [-0.2, 0) is 0 Å². The van der Waals surface area contributed by atoms with Crippen LogP contribution < -0.4 is 15.8 Å². The monoisotopic (exact) mass is 419 g/mol. The first kappa shape index (κ1) is 18.9. The lowest BCUT2D eigenvalue weighted by molar-refractivity contribution is 0.560. The van der Waals surface area contributed by atoms with Crippen molar-refractivity contribution in [2.45, 2.75) is 6.92 Å². The van der Waals surface area contributed by atoms with Crippen molar-refractivity contribution < 1.29 is 9.08 Å². The van der Waals surface area contributed by atoms with Gasteiger partial charge in [0.1, 0.15) is 11.4 Å². The van der Waals surface area contributed by atoms with Gasteiger partial charge in [0.15, 0.2) is 4.96 Å². The topological polar surface area (TPSA) is 95.9 Å². The second-order valence-corrected chi connectivity index (χ2v) is 7.64. The fourth-order valence-corrected chi connectivity index (χ4v) is 4.10. The number of fused-ring (bicyclic) bond motifs is 2. The summed E-state index contributed by atoms with van der Waals surface area (Å²) in [5, 5.41) is 4.11. The number of rotatable bonds is 2. The Kier molecular flexibility index (Phi) is 5.31. The molecule has 1 aliphatic heterocycles. The fourth-order valence-electron chi connectivity index (χ4n) is 3.29. The van der Waals surface area contributed by atoms with Crippen LogP contribution in [0.4, 0.5) is 5.82 Å². The number of anilines is 1. The zero-order chi connectivity index (χ0) is 19.7. The third-order valence-electron chi connectivity index (χ3n) is 4.59. The molecule has 28 heavy (non-hydrogen) atoms. The van der Waals surface area contributed by atoms with E-state index >= 15 is 0 Å². The maximum absolute atomic E-state index is 12.5. The summed E-state index contributed by atoms with van der Waals surface area (Å²) in [4.78, 5) is 25.9. The average molecular weight is 420 g/mol. The molecule has 4 aromatic heterocycles. The van der Waals surface area contributed by atoms with E-state index in [9.17, 15) is 4.79 Å². The molecule has 0 saturated carbocycles. The van der Waals surface area contributed by atoms with E-state index in [1.807, 2.05) is 35.9 Å². The number of pyridine rings is 1. The first-order valence-electron chi connectivity index (χ1n) is 8.69. The minimum atomic E-state index is -0.377. The third kappa shape index (κ3) is 3.49. The van der Waals surface area contributed by atoms with Gasteiger partial charge in [0, 0.05) is 61.1 Å². The van der Waals surface area contributed by atoms with E-state index in [1.165, 1.54) is 4.88 Å². The number of nitrogens with one attached hydrogen (secondary N) is 1. The molecule has 1 aliphatic rings. The van der Waals surface area contributed by atoms with Crippen LogP contribution in [0.15, 0.2) is 39.9 Å². The van der Waals surface area contributed by atoms with Crippen LogP contribution in [-0.4, -0.2) is 45.2 Å². The van der Waals surface area contributed by atoms with Crippen molar-refractivity contribution in [2.75, 3.05) is 31.1 Å². The molecule has 0 radical (unpaired) electrons. The Morgan fingerprint density at radius 2 is 2.04 bits per heavy atom. The molecular formula is C18H18ClN5O3S. The van der Waals surface area contributed by atoms with Crippen LogP contribution in [0.2, 0.25) is 0 Å². The lowest BCUT2D eigenvalue weighted by Gasteiger charge is -2.28. The van der Waals surface area contributed by atoms with E-state index < -0.39 is 0 Å². The van der Waals surface area contributed by atoms with Gasteiger partial charge in [0.05, 0.1) is 23.1 Å². The predicted octanol–water partition coefficient (Wildman–Crippen LogP) is 2.41. The number of nitrogens with zero attached hydrogens (tertiary/aromatic N) is 4. The van der Waals surface area contributed by atoms with Gasteiger partial charge in [-0.1, -0.05) is 0 Å². The zero-order valence-electron chi connectivity index (χ0n) is 15.1. The SMILES string of the molecule is Cc1cn2cc(-c3cc4cnc(N5CCNCC5)cc4oc3=O)nc2s1.OCl. The van der Waals surface area contributed by atoms with Gasteiger partial charge in [-0.05, 0) is 13.0 Å². The number of hydrogen-bond donors (Lipinski definition) is 2. The minimum absolute atomic E-state index is 0.377. The number of thiazole rings is 1. The Bertz CT molecular complexity index is 1150. The maximum Gasteiger partial charge on any atom is 0.345 e. The number of aryl methyl sites for hydroxylation is 1. The van der Waals surface area contributed by atoms with E-state index in [2.05, 4.69) is 32.1 Å². The van der Waals surface area contributed by atoms with E-state index in [1.54, 1.807) is 17.5 Å². The first-order valence-corrected chi connectivity index (χ1v) is 9.85. The van der Waals surface area contributed by atoms with Gasteiger partial charge in [-0.2, -0.15) is 0 Å². The van der Waals surface area contributed by atoms with Crippen molar-refractivity contribution >= 4 is 45.0 Å². The zero-order valence-corrected chi connectivity index (χ0v) is 16.6. The van der Waals surface area contributed by atoms with Crippen molar-refractivity contribution in [2.24, 2.45) is 0 Å². The Morgan fingerprint density at radius 1 is 1.25 bits per heavy atom. The summed E-state index contributed by atoms with van der Waals surface area (Å²) >= 11 is 5.23. The van der Waals surface area contributed by atoms with E-state index in [-0.39, 0.29) is 5.63 Å². The average Bonchev–Trinajstić information content (AvgIpc) is 3.26. The molecule has 0 bridgehead atoms. The quantitative estimate of drug-likeness (QED) is 0.515. The van der Waals surface area contributed by atoms with Crippen LogP contribution in [0.1, 0.15) is 4.88 Å². The molecule has 8 nitrogen and oxygen atoms in total. The maximum atomic E-state index is 12.5. The molecule has 5 heterocycles. The normalized spacial score (nSPS) is 14.3. The van der Waals surface area contributed by atoms with Gasteiger partial charge in [-0.25, -0.2) is 14.8 Å². The first-order chi connectivity index (χ1) is 13.7. The van der Waals surface area contributed by atoms with Crippen molar-refractivity contribution in [3.05, 3.63) is 46.0 Å². The van der Waals surface area contributed by atoms with E-state index in [4.69, 9.17) is 9.08 Å². The second kappa shape index (κ2) is 7.88. The third-order valence-corrected chi connectivity index (χ3v) is 5.50. The Morgan fingerprint density at radius 3 is 2.79 bits per heavy atom. The fraction of sp³-hybridized carbons (Fsp3) is 0.278. The summed E-state index contributed by atoms with van der Waals surface area (Å²) in [5.41, 5.74) is 1.26. The number of piperazine rings is 1. The summed E-state index contributed by atoms with van der Waals surface area (Å²) in [6.45, 7) is 5.68. The molecule has 10 heteroatoms. The van der Waals surface area contributed by atoms with Gasteiger partial charge in [-0.3, -0.25) is 9.06 Å². The molecule has 1 fully saturated rings. The molecule has 0 amide bonds. The van der Waals surface area contributed by atoms with E-state index in [0.29, 0.717) is 16.8 Å². The van der Waals surface area contributed by atoms with Crippen molar-refractivity contribution in [1.29, 1.82) is 0 Å². The van der Waals surface area contributed by atoms with Gasteiger partial charge in [0.25, 0.3) is 0 Å². The standard InChI is InChI=1S/C18H17N5O2S.ClHO/c1-11-9-23-10-14(21-18(23)26-11)13-6-12-8-20-16(7-15(12)25-17(13)24)22-4-2-19-3-5-22;1-2/h6-10,19H,2-5H2,1H3;2H. The summed E-state index contributed by atoms with van der Waals surface area (Å²) in [6, 6.07) is 3.66. The van der Waals surface area contributed by atoms with Crippen molar-refractivity contribution in [3.63, 3.8) is 0 Å². The van der Waals surface area contributed by atoms with Gasteiger partial charge >= 0.3 is 5.63 Å². The highest BCUT2D eigenvalue weighted by atomic mass is 35.5. The molecule has 0 aromatic carbocycles. The highest BCUT2D eigenvalue weighted by Gasteiger charge is 2.16. The van der Waals surface area contributed by atoms with Crippen molar-refractivity contribution in [3.8, 4) is 11.3 Å². The molecule has 0 unspecified atom stereocenters. The summed E-state index contributed by atoms with van der Waals surface area (Å²) < 4.78 is 14.0. The van der Waals surface area contributed by atoms with Crippen LogP contribution in [0.3, 0.4) is 0 Å². The van der Waals surface area contributed by atoms with Crippen LogP contribution in [0, 0.1) is 6.92 Å². The molecule has 2 N–H and O–H groups in total. The van der Waals surface area contributed by atoms with Gasteiger partial charge in [0.2, 0.25) is 0 Å². The molecule has 1 saturated heterocycles. The minimum Gasteiger partial charge on any atom is -0.422 e. The molecule has 146 valence electrons. The highest BCUT2D eigenvalue weighted by Crippen LogP contribution is 2.25. The van der Waals surface area contributed by atoms with Crippen molar-refractivity contribution in [1.82, 2.24) is 19.7 Å². The summed E-state index contributed by atoms with van der Waals surface area (Å²) in [5.74, 6) is 0.841. The predicted molar refractivity (Wildman–Crippen MR) is 110 cm³/mol. The number of halogens is 1. The Hall–Kier alpha value is -2.46. The number of hydrogen-bond acceptors (Lipinski definition) is 8. The lowest BCUT2D eigenvalue weighted by atomic mass is 10.2. The Balaban J connectivity index is 0.000000932. The van der Waals surface area contributed by atoms with Crippen LogP contribution >= 0.6 is 23.2 Å². The molecule has 0 aliphatic carbocycles. The Labute approximate surface area is 169 Å². The van der Waals surface area contributed by atoms with E-state index in [0.717, 1.165) is 42.3 Å². The highest BCUT2D eigenvalue weighted by molar-refractivity contribution is 7.17. The summed E-state index contributed by atoms with van der Waals surface area (Å²) in [7, 11) is 0. The van der Waals surface area contributed by atoms with Gasteiger partial charge in [-0.15, -0.1) is 11.3 Å². The molecule has 0 spiro atoms. The smallest absolute Gasteiger partial charge is 0.345 e. The van der Waals surface area contributed by atoms with Crippen LogP contribution in [0.5, 0.6) is 0 Å². The van der Waals surface area contributed by atoms with Gasteiger partial charge < -0.3 is 14.6 Å². The van der Waals surface area contributed by atoms with Crippen LogP contribution in [0.25, 0.3) is 27.2 Å². The molecule has 5 rings (SSSR count). The lowest BCUT2D eigenvalue weighted by Crippen LogP contribution is -2.43. The number of imidazole rings is 1. The largest absolute Gasteiger partial charge is 0.422 e. The molecule has 0 atom stereocenters. The molecule has 4 aromatic rings. The number of aromatic nitrogens is 3. The molecular weight excluding hydrogens is 402 g/mol.